The van der Waals surface area contributed by atoms with Gasteiger partial charge in [-0.15, -0.1) is 0 Å². The van der Waals surface area contributed by atoms with Gasteiger partial charge >= 0.3 is 6.03 Å². The molecular weight excluding hydrogens is 316 g/mol. The van der Waals surface area contributed by atoms with Gasteiger partial charge in [0.1, 0.15) is 18.1 Å². The fraction of sp³-hybridized carbons (Fsp3) is 0.650. The van der Waals surface area contributed by atoms with E-state index in [1.54, 1.807) is 7.11 Å². The third-order valence-electron chi connectivity index (χ3n) is 6.46. The molecule has 3 fully saturated rings. The molecule has 0 aliphatic heterocycles. The molecule has 0 radical (unpaired) electrons. The Morgan fingerprint density at radius 2 is 1.84 bits per heavy atom. The number of carbonyl (C=O) groups is 1. The van der Waals surface area contributed by atoms with Gasteiger partial charge in [0.05, 0.1) is 13.7 Å². The van der Waals surface area contributed by atoms with Crippen molar-refractivity contribution in [3.63, 3.8) is 0 Å². The van der Waals surface area contributed by atoms with Crippen molar-refractivity contribution in [1.82, 2.24) is 10.6 Å². The second kappa shape index (κ2) is 7.14. The van der Waals surface area contributed by atoms with Crippen LogP contribution in [0.3, 0.4) is 0 Å². The average Bonchev–Trinajstić information content (AvgIpc) is 3.32. The van der Waals surface area contributed by atoms with Gasteiger partial charge in [0.15, 0.2) is 0 Å². The van der Waals surface area contributed by atoms with Crippen LogP contribution in [0.2, 0.25) is 0 Å². The van der Waals surface area contributed by atoms with Crippen molar-refractivity contribution in [2.75, 3.05) is 20.3 Å². The maximum absolute atomic E-state index is 12.2. The molecule has 0 spiro atoms. The average molecular weight is 344 g/mol. The Balaban J connectivity index is 1.16. The van der Waals surface area contributed by atoms with Crippen molar-refractivity contribution in [2.24, 2.45) is 23.7 Å². The first-order valence-electron chi connectivity index (χ1n) is 9.56. The number of fused-ring (bicyclic) bond motifs is 5. The predicted octanol–water partition coefficient (Wildman–Crippen LogP) is 3.20. The Morgan fingerprint density at radius 3 is 2.64 bits per heavy atom. The summed E-state index contributed by atoms with van der Waals surface area (Å²) < 4.78 is 10.7. The molecule has 3 aliphatic carbocycles. The highest BCUT2D eigenvalue weighted by Crippen LogP contribution is 2.58. The summed E-state index contributed by atoms with van der Waals surface area (Å²) in [6.45, 7) is 0.964. The Labute approximate surface area is 149 Å². The van der Waals surface area contributed by atoms with E-state index in [1.807, 2.05) is 24.3 Å². The van der Waals surface area contributed by atoms with Crippen molar-refractivity contribution in [1.29, 1.82) is 0 Å². The third-order valence-corrected chi connectivity index (χ3v) is 6.46. The van der Waals surface area contributed by atoms with Gasteiger partial charge in [-0.1, -0.05) is 6.42 Å². The normalized spacial score (nSPS) is 32.3. The zero-order valence-electron chi connectivity index (χ0n) is 14.9. The lowest BCUT2D eigenvalue weighted by atomic mass is 9.79. The molecule has 2 N–H and O–H groups in total. The summed E-state index contributed by atoms with van der Waals surface area (Å²) in [6.07, 6.45) is 6.71. The molecule has 5 atom stereocenters. The van der Waals surface area contributed by atoms with Crippen LogP contribution < -0.4 is 20.1 Å². The van der Waals surface area contributed by atoms with Gasteiger partial charge < -0.3 is 20.1 Å². The van der Waals surface area contributed by atoms with E-state index < -0.39 is 0 Å². The minimum Gasteiger partial charge on any atom is -0.497 e. The van der Waals surface area contributed by atoms with Crippen LogP contribution in [-0.4, -0.2) is 32.3 Å². The monoisotopic (exact) mass is 344 g/mol. The molecule has 136 valence electrons. The SMILES string of the molecule is COc1ccc(OCCNC(=O)N[C@H]2C[C@H]3C[C@@H]2[C@H]2CCC[C@H]32)cc1. The summed E-state index contributed by atoms with van der Waals surface area (Å²) in [5.74, 6) is 5.01. The van der Waals surface area contributed by atoms with E-state index in [0.717, 1.165) is 35.2 Å². The maximum atomic E-state index is 12.2. The topological polar surface area (TPSA) is 59.6 Å². The molecule has 1 aromatic rings. The largest absolute Gasteiger partial charge is 0.497 e. The Kier molecular flexibility index (Phi) is 4.73. The minimum absolute atomic E-state index is 0.0505. The number of rotatable bonds is 6. The van der Waals surface area contributed by atoms with Crippen LogP contribution >= 0.6 is 0 Å². The number of amides is 2. The number of hydrogen-bond donors (Lipinski definition) is 2. The van der Waals surface area contributed by atoms with Gasteiger partial charge in [-0.2, -0.15) is 0 Å². The summed E-state index contributed by atoms with van der Waals surface area (Å²) in [6, 6.07) is 7.79. The van der Waals surface area contributed by atoms with Crippen LogP contribution in [0.15, 0.2) is 24.3 Å². The van der Waals surface area contributed by atoms with Gasteiger partial charge in [0.25, 0.3) is 0 Å². The molecule has 1 aromatic carbocycles. The van der Waals surface area contributed by atoms with Gasteiger partial charge in [-0.05, 0) is 73.6 Å². The van der Waals surface area contributed by atoms with E-state index in [0.29, 0.717) is 19.2 Å². The molecule has 25 heavy (non-hydrogen) atoms. The minimum atomic E-state index is -0.0505. The highest BCUT2D eigenvalue weighted by atomic mass is 16.5. The third kappa shape index (κ3) is 3.42. The summed E-state index contributed by atoms with van der Waals surface area (Å²) >= 11 is 0. The van der Waals surface area contributed by atoms with Crippen molar-refractivity contribution < 1.29 is 14.3 Å². The molecule has 0 unspecified atom stereocenters. The number of urea groups is 1. The van der Waals surface area contributed by atoms with Gasteiger partial charge in [-0.25, -0.2) is 4.79 Å². The highest BCUT2D eigenvalue weighted by Gasteiger charge is 2.53. The highest BCUT2D eigenvalue weighted by molar-refractivity contribution is 5.74. The Hall–Kier alpha value is -1.91. The van der Waals surface area contributed by atoms with Gasteiger partial charge in [-0.3, -0.25) is 0 Å². The second-order valence-corrected chi connectivity index (χ2v) is 7.68. The molecule has 3 saturated carbocycles. The molecule has 0 saturated heterocycles. The summed E-state index contributed by atoms with van der Waals surface area (Å²) in [5.41, 5.74) is 0. The number of carbonyl (C=O) groups excluding carboxylic acids is 1. The van der Waals surface area contributed by atoms with Gasteiger partial charge in [0, 0.05) is 6.04 Å². The van der Waals surface area contributed by atoms with E-state index in [2.05, 4.69) is 10.6 Å². The molecular formula is C20H28N2O3. The molecule has 5 heteroatoms. The quantitative estimate of drug-likeness (QED) is 0.779. The van der Waals surface area contributed by atoms with Crippen molar-refractivity contribution in [2.45, 2.75) is 38.1 Å². The van der Waals surface area contributed by atoms with Crippen LogP contribution in [0.4, 0.5) is 4.79 Å². The summed E-state index contributed by atoms with van der Waals surface area (Å²) in [4.78, 5) is 12.2. The molecule has 0 aromatic heterocycles. The summed E-state index contributed by atoms with van der Waals surface area (Å²) in [5, 5.41) is 6.14. The molecule has 2 bridgehead atoms. The molecule has 4 rings (SSSR count). The number of benzene rings is 1. The first kappa shape index (κ1) is 16.6. The molecule has 2 amide bonds. The molecule has 5 nitrogen and oxygen atoms in total. The van der Waals surface area contributed by atoms with Crippen LogP contribution in [0.5, 0.6) is 11.5 Å². The van der Waals surface area contributed by atoms with Crippen molar-refractivity contribution >= 4 is 6.03 Å². The fourth-order valence-electron chi connectivity index (χ4n) is 5.46. The van der Waals surface area contributed by atoms with Crippen molar-refractivity contribution in [3.8, 4) is 11.5 Å². The van der Waals surface area contributed by atoms with Gasteiger partial charge in [0.2, 0.25) is 0 Å². The van der Waals surface area contributed by atoms with Crippen molar-refractivity contribution in [3.05, 3.63) is 24.3 Å². The number of nitrogens with one attached hydrogen (secondary N) is 2. The smallest absolute Gasteiger partial charge is 0.315 e. The van der Waals surface area contributed by atoms with Crippen LogP contribution in [0.25, 0.3) is 0 Å². The lowest BCUT2D eigenvalue weighted by molar-refractivity contribution is 0.196. The maximum Gasteiger partial charge on any atom is 0.315 e. The van der Waals surface area contributed by atoms with E-state index in [9.17, 15) is 4.79 Å². The first-order valence-corrected chi connectivity index (χ1v) is 9.56. The number of hydrogen-bond acceptors (Lipinski definition) is 3. The molecule has 0 heterocycles. The zero-order valence-corrected chi connectivity index (χ0v) is 14.9. The Bertz CT molecular complexity index is 603. The first-order chi connectivity index (χ1) is 12.2. The Morgan fingerprint density at radius 1 is 1.08 bits per heavy atom. The van der Waals surface area contributed by atoms with E-state index in [4.69, 9.17) is 9.47 Å². The lowest BCUT2D eigenvalue weighted by Crippen LogP contribution is -2.47. The van der Waals surface area contributed by atoms with E-state index >= 15 is 0 Å². The summed E-state index contributed by atoms with van der Waals surface area (Å²) in [7, 11) is 1.64. The fourth-order valence-corrected chi connectivity index (χ4v) is 5.46. The standard InChI is InChI=1S/C20H28N2O3/c1-24-14-5-7-15(8-6-14)25-10-9-21-20(23)22-19-12-13-11-18(19)17-4-2-3-16(13)17/h5-8,13,16-19H,2-4,9-12H2,1H3,(H2,21,22,23)/t13-,16-,17+,18-,19+/m1/s1. The molecule has 3 aliphatic rings. The predicted molar refractivity (Wildman–Crippen MR) is 95.9 cm³/mol. The van der Waals surface area contributed by atoms with Crippen LogP contribution in [0, 0.1) is 23.7 Å². The van der Waals surface area contributed by atoms with Crippen LogP contribution in [0.1, 0.15) is 32.1 Å². The second-order valence-electron chi connectivity index (χ2n) is 7.68. The van der Waals surface area contributed by atoms with E-state index in [-0.39, 0.29) is 6.03 Å². The lowest BCUT2D eigenvalue weighted by Gasteiger charge is -2.32. The van der Waals surface area contributed by atoms with Crippen LogP contribution in [-0.2, 0) is 0 Å². The van der Waals surface area contributed by atoms with E-state index in [1.165, 1.54) is 32.1 Å². The number of methoxy groups -OCH3 is 1. The number of ether oxygens (including phenoxy) is 2. The zero-order chi connectivity index (χ0) is 17.2.